The first-order valence-electron chi connectivity index (χ1n) is 8.75. The average Bonchev–Trinajstić information content (AvgIpc) is 2.65. The van der Waals surface area contributed by atoms with Crippen LogP contribution in [0.4, 0.5) is 5.69 Å². The molecule has 0 spiro atoms. The summed E-state index contributed by atoms with van der Waals surface area (Å²) in [5.41, 5.74) is 1.10. The molecule has 1 aliphatic rings. The number of hydrogen-bond donors (Lipinski definition) is 1. The molecule has 6 nitrogen and oxygen atoms in total. The van der Waals surface area contributed by atoms with Crippen molar-refractivity contribution < 1.29 is 14.8 Å². The maximum absolute atomic E-state index is 12.8. The van der Waals surface area contributed by atoms with Crippen molar-refractivity contribution >= 4 is 29.6 Å². The van der Waals surface area contributed by atoms with Gasteiger partial charge in [-0.15, -0.1) is 0 Å². The van der Waals surface area contributed by atoms with Gasteiger partial charge in [0, 0.05) is 36.9 Å². The molecule has 1 heterocycles. The first-order valence-corrected chi connectivity index (χ1v) is 9.13. The van der Waals surface area contributed by atoms with Gasteiger partial charge in [0.05, 0.1) is 12.5 Å². The molecular weight excluding hydrogens is 342 g/mol. The minimum atomic E-state index is -0.350. The van der Waals surface area contributed by atoms with Crippen LogP contribution in [0.15, 0.2) is 24.3 Å². The van der Waals surface area contributed by atoms with E-state index in [2.05, 4.69) is 11.8 Å². The lowest BCUT2D eigenvalue weighted by atomic mass is 10.00. The molecule has 0 saturated carbocycles. The van der Waals surface area contributed by atoms with Crippen LogP contribution in [0.5, 0.6) is 0 Å². The molecule has 1 aliphatic heterocycles. The fourth-order valence-electron chi connectivity index (χ4n) is 3.11. The zero-order chi connectivity index (χ0) is 18.2. The first kappa shape index (κ1) is 19.5. The molecule has 1 aromatic rings. The average molecular weight is 368 g/mol. The largest absolute Gasteiger partial charge is 0.368 e. The Morgan fingerprint density at radius 3 is 2.48 bits per heavy atom. The standard InChI is InChI=1S/C18H26ClN3O3/c1-2-3-4-15(13-22(25)14-23)18(24)21-11-9-20(10-12-21)17-7-5-16(19)6-8-17/h5-8,14-15,25H,2-4,9-13H2,1H3/t15-/m1/s1. The summed E-state index contributed by atoms with van der Waals surface area (Å²) in [7, 11) is 0. The van der Waals surface area contributed by atoms with Crippen LogP contribution in [0.3, 0.4) is 0 Å². The monoisotopic (exact) mass is 367 g/mol. The van der Waals surface area contributed by atoms with E-state index in [0.717, 1.165) is 31.6 Å². The van der Waals surface area contributed by atoms with Crippen LogP contribution in [-0.4, -0.2) is 60.2 Å². The van der Waals surface area contributed by atoms with Crippen molar-refractivity contribution in [2.45, 2.75) is 26.2 Å². The SMILES string of the molecule is CCCC[C@H](CN(O)C=O)C(=O)N1CCN(c2ccc(Cl)cc2)CC1. The van der Waals surface area contributed by atoms with E-state index in [4.69, 9.17) is 11.6 Å². The number of benzene rings is 1. The number of amides is 2. The Labute approximate surface area is 153 Å². The molecule has 25 heavy (non-hydrogen) atoms. The molecule has 1 fully saturated rings. The van der Waals surface area contributed by atoms with Crippen molar-refractivity contribution in [3.8, 4) is 0 Å². The summed E-state index contributed by atoms with van der Waals surface area (Å²) in [5, 5.41) is 10.7. The van der Waals surface area contributed by atoms with Gasteiger partial charge in [-0.1, -0.05) is 31.4 Å². The van der Waals surface area contributed by atoms with Gasteiger partial charge >= 0.3 is 0 Å². The molecule has 2 rings (SSSR count). The van der Waals surface area contributed by atoms with Gasteiger partial charge in [-0.05, 0) is 30.7 Å². The predicted octanol–water partition coefficient (Wildman–Crippen LogP) is 2.64. The third-order valence-corrected chi connectivity index (χ3v) is 4.82. The molecule has 0 aromatic heterocycles. The lowest BCUT2D eigenvalue weighted by Crippen LogP contribution is -2.51. The van der Waals surface area contributed by atoms with E-state index in [-0.39, 0.29) is 18.4 Å². The summed E-state index contributed by atoms with van der Waals surface area (Å²) >= 11 is 5.92. The van der Waals surface area contributed by atoms with Crippen LogP contribution in [0.25, 0.3) is 0 Å². The number of unbranched alkanes of at least 4 members (excludes halogenated alkanes) is 1. The molecule has 0 bridgehead atoms. The molecule has 1 aromatic carbocycles. The normalized spacial score (nSPS) is 15.8. The summed E-state index contributed by atoms with van der Waals surface area (Å²) in [6, 6.07) is 7.70. The number of nitrogens with zero attached hydrogens (tertiary/aromatic N) is 3. The summed E-state index contributed by atoms with van der Waals surface area (Å²) < 4.78 is 0. The highest BCUT2D eigenvalue weighted by Gasteiger charge is 2.28. The zero-order valence-electron chi connectivity index (χ0n) is 14.6. The molecule has 0 aliphatic carbocycles. The van der Waals surface area contributed by atoms with Crippen LogP contribution in [0, 0.1) is 5.92 Å². The van der Waals surface area contributed by atoms with Gasteiger partial charge in [-0.3, -0.25) is 14.8 Å². The Balaban J connectivity index is 1.93. The topological polar surface area (TPSA) is 64.1 Å². The number of rotatable bonds is 8. The number of anilines is 1. The van der Waals surface area contributed by atoms with Crippen molar-refractivity contribution in [3.63, 3.8) is 0 Å². The molecular formula is C18H26ClN3O3. The minimum Gasteiger partial charge on any atom is -0.368 e. The highest BCUT2D eigenvalue weighted by Crippen LogP contribution is 2.21. The third kappa shape index (κ3) is 5.61. The van der Waals surface area contributed by atoms with Crippen molar-refractivity contribution in [2.75, 3.05) is 37.6 Å². The van der Waals surface area contributed by atoms with E-state index in [1.54, 1.807) is 0 Å². The summed E-state index contributed by atoms with van der Waals surface area (Å²) in [6.07, 6.45) is 2.90. The van der Waals surface area contributed by atoms with Crippen molar-refractivity contribution in [1.29, 1.82) is 0 Å². The Kier molecular flexibility index (Phi) is 7.52. The van der Waals surface area contributed by atoms with Crippen LogP contribution >= 0.6 is 11.6 Å². The van der Waals surface area contributed by atoms with Gasteiger partial charge in [-0.25, -0.2) is 5.06 Å². The Bertz CT molecular complexity index is 559. The maximum Gasteiger partial charge on any atom is 0.233 e. The highest BCUT2D eigenvalue weighted by molar-refractivity contribution is 6.30. The minimum absolute atomic E-state index is 0.0186. The van der Waals surface area contributed by atoms with E-state index in [0.29, 0.717) is 36.0 Å². The number of carbonyl (C=O) groups excluding carboxylic acids is 2. The van der Waals surface area contributed by atoms with Crippen LogP contribution in [0.1, 0.15) is 26.2 Å². The molecule has 0 unspecified atom stereocenters. The lowest BCUT2D eigenvalue weighted by Gasteiger charge is -2.38. The van der Waals surface area contributed by atoms with Crippen LogP contribution in [0.2, 0.25) is 5.02 Å². The van der Waals surface area contributed by atoms with E-state index in [9.17, 15) is 14.8 Å². The van der Waals surface area contributed by atoms with Gasteiger partial charge in [0.25, 0.3) is 0 Å². The lowest BCUT2D eigenvalue weighted by molar-refractivity contribution is -0.157. The van der Waals surface area contributed by atoms with Crippen molar-refractivity contribution in [2.24, 2.45) is 5.92 Å². The zero-order valence-corrected chi connectivity index (χ0v) is 15.4. The Morgan fingerprint density at radius 2 is 1.92 bits per heavy atom. The smallest absolute Gasteiger partial charge is 0.233 e. The fourth-order valence-corrected chi connectivity index (χ4v) is 3.23. The van der Waals surface area contributed by atoms with Gasteiger partial charge in [0.15, 0.2) is 0 Å². The van der Waals surface area contributed by atoms with Gasteiger partial charge < -0.3 is 9.80 Å². The van der Waals surface area contributed by atoms with E-state index in [1.807, 2.05) is 29.2 Å². The van der Waals surface area contributed by atoms with Gasteiger partial charge in [0.1, 0.15) is 0 Å². The molecule has 7 heteroatoms. The molecule has 1 N–H and O–H groups in total. The highest BCUT2D eigenvalue weighted by atomic mass is 35.5. The van der Waals surface area contributed by atoms with Crippen molar-refractivity contribution in [3.05, 3.63) is 29.3 Å². The summed E-state index contributed by atoms with van der Waals surface area (Å²) in [4.78, 5) is 27.5. The van der Waals surface area contributed by atoms with Gasteiger partial charge in [-0.2, -0.15) is 0 Å². The number of hydroxylamine groups is 2. The van der Waals surface area contributed by atoms with Crippen molar-refractivity contribution in [1.82, 2.24) is 9.96 Å². The number of halogens is 1. The Hall–Kier alpha value is -1.79. The third-order valence-electron chi connectivity index (χ3n) is 4.57. The Morgan fingerprint density at radius 1 is 1.28 bits per heavy atom. The number of carbonyl (C=O) groups is 2. The second-order valence-corrected chi connectivity index (χ2v) is 6.79. The molecule has 2 amide bonds. The van der Waals surface area contributed by atoms with E-state index >= 15 is 0 Å². The fraction of sp³-hybridized carbons (Fsp3) is 0.556. The second-order valence-electron chi connectivity index (χ2n) is 6.36. The van der Waals surface area contributed by atoms with Gasteiger partial charge in [0.2, 0.25) is 12.3 Å². The molecule has 0 radical (unpaired) electrons. The quantitative estimate of drug-likeness (QED) is 0.436. The van der Waals surface area contributed by atoms with E-state index in [1.165, 1.54) is 0 Å². The number of piperazine rings is 1. The molecule has 1 saturated heterocycles. The maximum atomic E-state index is 12.8. The first-order chi connectivity index (χ1) is 12.0. The predicted molar refractivity (Wildman–Crippen MR) is 97.8 cm³/mol. The second kappa shape index (κ2) is 9.63. The molecule has 138 valence electrons. The van der Waals surface area contributed by atoms with E-state index < -0.39 is 0 Å². The summed E-state index contributed by atoms with van der Waals surface area (Å²) in [5.74, 6) is -0.331. The van der Waals surface area contributed by atoms with Crippen LogP contribution in [-0.2, 0) is 9.59 Å². The molecule has 1 atom stereocenters. The number of hydrogen-bond acceptors (Lipinski definition) is 4. The summed E-state index contributed by atoms with van der Waals surface area (Å²) in [6.45, 7) is 4.89. The van der Waals surface area contributed by atoms with Crippen LogP contribution < -0.4 is 4.90 Å².